The van der Waals surface area contributed by atoms with Gasteiger partial charge in [-0.2, -0.15) is 0 Å². The molecule has 1 aromatic heterocycles. The van der Waals surface area contributed by atoms with Crippen LogP contribution in [-0.4, -0.2) is 44.9 Å². The van der Waals surface area contributed by atoms with Gasteiger partial charge in [-0.25, -0.2) is 13.1 Å². The molecule has 1 heterocycles. The second kappa shape index (κ2) is 7.78. The Morgan fingerprint density at radius 3 is 2.52 bits per heavy atom. The van der Waals surface area contributed by atoms with Gasteiger partial charge in [-0.15, -0.1) is 0 Å². The highest BCUT2D eigenvalue weighted by Gasteiger charge is 2.22. The molecule has 0 aliphatic carbocycles. The molecular weight excluding hydrogens is 318 g/mol. The Labute approximate surface area is 138 Å². The summed E-state index contributed by atoms with van der Waals surface area (Å²) >= 11 is 0. The number of hydrogen-bond acceptors (Lipinski definition) is 5. The van der Waals surface area contributed by atoms with E-state index in [-0.39, 0.29) is 0 Å². The van der Waals surface area contributed by atoms with Crippen LogP contribution in [-0.2, 0) is 16.6 Å². The standard InChI is InChI=1S/C14H27N5O3S/c1-10(2)12-7-11(22-18-12)8-16-13(15-5)17-9-14(3,4)19-23(6,20)21/h7,10,19H,8-9H2,1-6H3,(H2,15,16,17). The lowest BCUT2D eigenvalue weighted by molar-refractivity contribution is 0.371. The molecule has 1 aromatic rings. The molecule has 0 fully saturated rings. The van der Waals surface area contributed by atoms with Crippen molar-refractivity contribution >= 4 is 16.0 Å². The Morgan fingerprint density at radius 2 is 2.04 bits per heavy atom. The number of guanidine groups is 1. The maximum absolute atomic E-state index is 11.3. The SMILES string of the molecule is CN=C(NCc1cc(C(C)C)no1)NCC(C)(C)NS(C)(=O)=O. The molecule has 9 heteroatoms. The van der Waals surface area contributed by atoms with Gasteiger partial charge in [0.25, 0.3) is 0 Å². The van der Waals surface area contributed by atoms with E-state index in [1.165, 1.54) is 0 Å². The van der Waals surface area contributed by atoms with Crippen molar-refractivity contribution in [3.63, 3.8) is 0 Å². The number of nitrogens with zero attached hydrogens (tertiary/aromatic N) is 2. The Hall–Kier alpha value is -1.61. The minimum absolute atomic E-state index is 0.313. The number of sulfonamides is 1. The lowest BCUT2D eigenvalue weighted by atomic mass is 10.1. The molecule has 1 rings (SSSR count). The monoisotopic (exact) mass is 345 g/mol. The van der Waals surface area contributed by atoms with Gasteiger partial charge in [0.1, 0.15) is 0 Å². The van der Waals surface area contributed by atoms with Crippen LogP contribution in [0.1, 0.15) is 45.1 Å². The quantitative estimate of drug-likeness (QED) is 0.498. The number of aliphatic imine (C=N–C) groups is 1. The van der Waals surface area contributed by atoms with E-state index in [0.29, 0.717) is 30.7 Å². The molecule has 0 aromatic carbocycles. The largest absolute Gasteiger partial charge is 0.359 e. The summed E-state index contributed by atoms with van der Waals surface area (Å²) in [7, 11) is -1.63. The zero-order valence-electron chi connectivity index (χ0n) is 14.6. The van der Waals surface area contributed by atoms with Gasteiger partial charge in [-0.1, -0.05) is 19.0 Å². The van der Waals surface area contributed by atoms with Crippen molar-refractivity contribution in [1.29, 1.82) is 0 Å². The maximum Gasteiger partial charge on any atom is 0.209 e. The topological polar surface area (TPSA) is 109 Å². The molecule has 132 valence electrons. The van der Waals surface area contributed by atoms with Gasteiger partial charge >= 0.3 is 0 Å². The summed E-state index contributed by atoms with van der Waals surface area (Å²) in [6.07, 6.45) is 1.14. The van der Waals surface area contributed by atoms with E-state index in [2.05, 4.69) is 25.5 Å². The first-order valence-corrected chi connectivity index (χ1v) is 9.30. The van der Waals surface area contributed by atoms with E-state index in [0.717, 1.165) is 11.9 Å². The van der Waals surface area contributed by atoms with Crippen molar-refractivity contribution < 1.29 is 12.9 Å². The molecule has 0 saturated carbocycles. The zero-order valence-corrected chi connectivity index (χ0v) is 15.4. The van der Waals surface area contributed by atoms with E-state index in [1.54, 1.807) is 20.9 Å². The fraction of sp³-hybridized carbons (Fsp3) is 0.714. The summed E-state index contributed by atoms with van der Waals surface area (Å²) in [6, 6.07) is 1.90. The molecule has 0 radical (unpaired) electrons. The van der Waals surface area contributed by atoms with Crippen LogP contribution >= 0.6 is 0 Å². The minimum Gasteiger partial charge on any atom is -0.359 e. The third-order valence-electron chi connectivity index (χ3n) is 2.98. The van der Waals surface area contributed by atoms with Gasteiger partial charge < -0.3 is 15.2 Å². The number of aromatic nitrogens is 1. The Balaban J connectivity index is 2.51. The van der Waals surface area contributed by atoms with Crippen LogP contribution < -0.4 is 15.4 Å². The van der Waals surface area contributed by atoms with E-state index < -0.39 is 15.6 Å². The van der Waals surface area contributed by atoms with Crippen LogP contribution in [0.2, 0.25) is 0 Å². The summed E-state index contributed by atoms with van der Waals surface area (Å²) in [6.45, 7) is 8.50. The first-order chi connectivity index (χ1) is 10.5. The molecule has 0 spiro atoms. The highest BCUT2D eigenvalue weighted by atomic mass is 32.2. The van der Waals surface area contributed by atoms with Crippen LogP contribution in [0.4, 0.5) is 0 Å². The fourth-order valence-electron chi connectivity index (χ4n) is 1.92. The number of rotatable bonds is 7. The Morgan fingerprint density at radius 1 is 1.39 bits per heavy atom. The minimum atomic E-state index is -3.27. The van der Waals surface area contributed by atoms with Gasteiger partial charge in [-0.3, -0.25) is 4.99 Å². The second-order valence-corrected chi connectivity index (χ2v) is 8.16. The lowest BCUT2D eigenvalue weighted by Crippen LogP contribution is -2.52. The van der Waals surface area contributed by atoms with Crippen LogP contribution in [0.15, 0.2) is 15.6 Å². The molecule has 0 unspecified atom stereocenters. The van der Waals surface area contributed by atoms with E-state index in [1.807, 2.05) is 19.9 Å². The number of nitrogens with one attached hydrogen (secondary N) is 3. The molecule has 0 aliphatic heterocycles. The van der Waals surface area contributed by atoms with Gasteiger partial charge in [0.2, 0.25) is 10.0 Å². The second-order valence-electron chi connectivity index (χ2n) is 6.41. The lowest BCUT2D eigenvalue weighted by Gasteiger charge is -2.26. The van der Waals surface area contributed by atoms with Gasteiger partial charge in [0, 0.05) is 25.2 Å². The van der Waals surface area contributed by atoms with Crippen LogP contribution in [0.25, 0.3) is 0 Å². The maximum atomic E-state index is 11.3. The molecule has 0 bridgehead atoms. The third kappa shape index (κ3) is 7.47. The summed E-state index contributed by atoms with van der Waals surface area (Å²) in [5, 5.41) is 10.2. The van der Waals surface area contributed by atoms with Crippen LogP contribution in [0.3, 0.4) is 0 Å². The van der Waals surface area contributed by atoms with Crippen molar-refractivity contribution in [1.82, 2.24) is 20.5 Å². The zero-order chi connectivity index (χ0) is 17.7. The van der Waals surface area contributed by atoms with Crippen molar-refractivity contribution in [2.45, 2.75) is 45.7 Å². The van der Waals surface area contributed by atoms with Crippen molar-refractivity contribution in [3.8, 4) is 0 Å². The summed E-state index contributed by atoms with van der Waals surface area (Å²) in [4.78, 5) is 4.10. The molecule has 3 N–H and O–H groups in total. The Kier molecular flexibility index (Phi) is 6.57. The molecule has 0 aliphatic rings. The first kappa shape index (κ1) is 19.4. The number of hydrogen-bond donors (Lipinski definition) is 3. The fourth-order valence-corrected chi connectivity index (χ4v) is 2.99. The highest BCUT2D eigenvalue weighted by Crippen LogP contribution is 2.13. The summed E-state index contributed by atoms with van der Waals surface area (Å²) in [5.41, 5.74) is 0.269. The third-order valence-corrected chi connectivity index (χ3v) is 3.91. The normalized spacial score (nSPS) is 13.4. The van der Waals surface area contributed by atoms with Crippen LogP contribution in [0.5, 0.6) is 0 Å². The average Bonchev–Trinajstić information content (AvgIpc) is 2.85. The molecule has 0 amide bonds. The summed E-state index contributed by atoms with van der Waals surface area (Å²) in [5.74, 6) is 1.58. The molecule has 23 heavy (non-hydrogen) atoms. The van der Waals surface area contributed by atoms with E-state index >= 15 is 0 Å². The molecule has 8 nitrogen and oxygen atoms in total. The van der Waals surface area contributed by atoms with Gasteiger partial charge in [-0.05, 0) is 19.8 Å². The first-order valence-electron chi connectivity index (χ1n) is 7.41. The van der Waals surface area contributed by atoms with Crippen molar-refractivity contribution in [3.05, 3.63) is 17.5 Å². The highest BCUT2D eigenvalue weighted by molar-refractivity contribution is 7.88. The van der Waals surface area contributed by atoms with Crippen molar-refractivity contribution in [2.24, 2.45) is 4.99 Å². The molecule has 0 atom stereocenters. The van der Waals surface area contributed by atoms with Crippen molar-refractivity contribution in [2.75, 3.05) is 19.8 Å². The van der Waals surface area contributed by atoms with E-state index in [9.17, 15) is 8.42 Å². The Bertz CT molecular complexity index is 635. The van der Waals surface area contributed by atoms with Crippen LogP contribution in [0, 0.1) is 0 Å². The summed E-state index contributed by atoms with van der Waals surface area (Å²) < 4.78 is 30.5. The molecule has 0 saturated heterocycles. The van der Waals surface area contributed by atoms with Gasteiger partial charge in [0.05, 0.1) is 18.5 Å². The van der Waals surface area contributed by atoms with Gasteiger partial charge in [0.15, 0.2) is 11.7 Å². The van der Waals surface area contributed by atoms with E-state index in [4.69, 9.17) is 4.52 Å². The average molecular weight is 345 g/mol. The smallest absolute Gasteiger partial charge is 0.209 e. The molecular formula is C14H27N5O3S. The predicted molar refractivity (Wildman–Crippen MR) is 90.9 cm³/mol. The predicted octanol–water partition coefficient (Wildman–Crippen LogP) is 0.791.